The fourth-order valence-corrected chi connectivity index (χ4v) is 4.89. The highest BCUT2D eigenvalue weighted by Gasteiger charge is 2.30. The van der Waals surface area contributed by atoms with E-state index in [0.29, 0.717) is 19.0 Å². The minimum atomic E-state index is -0.103. The second-order valence-corrected chi connectivity index (χ2v) is 9.28. The topological polar surface area (TPSA) is 117 Å². The number of amidine groups is 1. The zero-order chi connectivity index (χ0) is 24.4. The van der Waals surface area contributed by atoms with Crippen LogP contribution in [0.25, 0.3) is 11.3 Å². The molecule has 4 heterocycles. The van der Waals surface area contributed by atoms with E-state index in [1.807, 2.05) is 24.3 Å². The number of hydrogen-bond acceptors (Lipinski definition) is 9. The highest BCUT2D eigenvalue weighted by Crippen LogP contribution is 2.32. The van der Waals surface area contributed by atoms with Crippen molar-refractivity contribution in [3.8, 4) is 17.0 Å². The van der Waals surface area contributed by atoms with E-state index in [0.717, 1.165) is 77.8 Å². The minimum Gasteiger partial charge on any atom is -0.496 e. The van der Waals surface area contributed by atoms with Gasteiger partial charge in [0.2, 0.25) is 0 Å². The van der Waals surface area contributed by atoms with Crippen LogP contribution in [0.5, 0.6) is 5.75 Å². The van der Waals surface area contributed by atoms with Crippen LogP contribution in [0.2, 0.25) is 0 Å². The number of allylic oxidation sites excluding steroid dienone is 1. The fraction of sp³-hybridized carbons (Fsp3) is 0.462. The Morgan fingerprint density at radius 3 is 2.94 bits per heavy atom. The van der Waals surface area contributed by atoms with Crippen LogP contribution >= 0.6 is 0 Å². The molecule has 1 unspecified atom stereocenters. The Morgan fingerprint density at radius 2 is 2.14 bits per heavy atom. The third kappa shape index (κ3) is 4.84. The predicted molar refractivity (Wildman–Crippen MR) is 136 cm³/mol. The number of aliphatic hydroxyl groups is 1. The van der Waals surface area contributed by atoms with E-state index in [4.69, 9.17) is 25.2 Å². The summed E-state index contributed by atoms with van der Waals surface area (Å²) in [6.45, 7) is 4.16. The molecule has 9 heteroatoms. The highest BCUT2D eigenvalue weighted by atomic mass is 16.5. The van der Waals surface area contributed by atoms with Crippen LogP contribution in [0.1, 0.15) is 43.7 Å². The first-order chi connectivity index (χ1) is 17.1. The van der Waals surface area contributed by atoms with Crippen LogP contribution in [0, 0.1) is 0 Å². The van der Waals surface area contributed by atoms with E-state index in [1.54, 1.807) is 7.11 Å². The Labute approximate surface area is 206 Å². The number of nitrogens with zero attached hydrogens (tertiary/aromatic N) is 3. The molecule has 0 aliphatic carbocycles. The zero-order valence-corrected chi connectivity index (χ0v) is 20.4. The van der Waals surface area contributed by atoms with Gasteiger partial charge in [0, 0.05) is 17.7 Å². The number of aliphatic hydroxyl groups excluding tert-OH is 1. The second-order valence-electron chi connectivity index (χ2n) is 9.28. The molecule has 0 bridgehead atoms. The molecule has 2 fully saturated rings. The number of rotatable bonds is 3. The fourth-order valence-electron chi connectivity index (χ4n) is 4.89. The molecule has 35 heavy (non-hydrogen) atoms. The average Bonchev–Trinajstić information content (AvgIpc) is 3.12. The third-order valence-electron chi connectivity index (χ3n) is 6.81. The summed E-state index contributed by atoms with van der Waals surface area (Å²) in [7, 11) is 1.60. The molecule has 186 valence electrons. The van der Waals surface area contributed by atoms with Gasteiger partial charge in [-0.25, -0.2) is 9.98 Å². The van der Waals surface area contributed by atoms with Crippen LogP contribution in [0.4, 0.5) is 5.82 Å². The van der Waals surface area contributed by atoms with Crippen LogP contribution in [0.15, 0.2) is 46.8 Å². The summed E-state index contributed by atoms with van der Waals surface area (Å²) < 4.78 is 11.0. The Bertz CT molecular complexity index is 1150. The quantitative estimate of drug-likeness (QED) is 0.532. The number of methoxy groups -OCH3 is 1. The summed E-state index contributed by atoms with van der Waals surface area (Å²) in [4.78, 5) is 12.4. The largest absolute Gasteiger partial charge is 0.496 e. The van der Waals surface area contributed by atoms with Crippen molar-refractivity contribution < 1.29 is 14.6 Å². The summed E-state index contributed by atoms with van der Waals surface area (Å²) >= 11 is 0. The summed E-state index contributed by atoms with van der Waals surface area (Å²) in [6.07, 6.45) is 3.90. The molecule has 2 atom stereocenters. The Balaban J connectivity index is 1.58. The van der Waals surface area contributed by atoms with Gasteiger partial charge in [0.05, 0.1) is 56.1 Å². The number of nitrogens with one attached hydrogen (secondary N) is 2. The van der Waals surface area contributed by atoms with E-state index in [9.17, 15) is 5.11 Å². The van der Waals surface area contributed by atoms with Gasteiger partial charge in [-0.1, -0.05) is 0 Å². The van der Waals surface area contributed by atoms with Gasteiger partial charge in [-0.05, 0) is 62.9 Å². The van der Waals surface area contributed by atoms with E-state index in [1.165, 1.54) is 0 Å². The number of hydrogen-bond donors (Lipinski definition) is 4. The van der Waals surface area contributed by atoms with Gasteiger partial charge in [-0.3, -0.25) is 0 Å². The van der Waals surface area contributed by atoms with Gasteiger partial charge in [0.1, 0.15) is 17.4 Å². The normalized spacial score (nSPS) is 24.6. The molecular weight excluding hydrogens is 444 g/mol. The minimum absolute atomic E-state index is 0.0837. The van der Waals surface area contributed by atoms with Gasteiger partial charge in [0.25, 0.3) is 0 Å². The summed E-state index contributed by atoms with van der Waals surface area (Å²) in [5.41, 5.74) is 10.7. The molecule has 1 aromatic heterocycles. The number of ether oxygens (including phenoxy) is 2. The lowest BCUT2D eigenvalue weighted by Gasteiger charge is -2.38. The first-order valence-electron chi connectivity index (χ1n) is 12.3. The molecule has 5 rings (SSSR count). The monoisotopic (exact) mass is 478 g/mol. The van der Waals surface area contributed by atoms with E-state index < -0.39 is 0 Å². The van der Waals surface area contributed by atoms with Crippen molar-refractivity contribution in [1.29, 1.82) is 0 Å². The van der Waals surface area contributed by atoms with Crippen molar-refractivity contribution in [2.24, 2.45) is 10.7 Å². The number of benzene rings is 1. The lowest BCUT2D eigenvalue weighted by molar-refractivity contribution is 0.0334. The van der Waals surface area contributed by atoms with Gasteiger partial charge >= 0.3 is 0 Å². The Kier molecular flexibility index (Phi) is 6.90. The number of aromatic nitrogens is 1. The number of aliphatic imine (C=N–C) groups is 1. The number of pyridine rings is 1. The third-order valence-corrected chi connectivity index (χ3v) is 6.81. The molecule has 0 radical (unpaired) electrons. The second kappa shape index (κ2) is 10.2. The van der Waals surface area contributed by atoms with Crippen molar-refractivity contribution in [2.45, 2.75) is 51.4 Å². The standard InChI is InChI=1S/C26H34N6O3/c1-16-15-35-12-11-32(16)26-19-8-9-20(17-7-10-22(34-2)18(13-17)14-33)29-24(19)30-25(31-26)21-5-3-4-6-23(27)28-21/h7-10,13,16,23,28,33H,3-6,11-12,14-15,27H2,1-2H3,(H,29,30)/t16-,23?/m0/s1. The smallest absolute Gasteiger partial charge is 0.153 e. The predicted octanol–water partition coefficient (Wildman–Crippen LogP) is 2.76. The summed E-state index contributed by atoms with van der Waals surface area (Å²) in [5, 5.41) is 16.7. The molecule has 2 aromatic rings. The molecular formula is C26H34N6O3. The van der Waals surface area contributed by atoms with Gasteiger partial charge in [0.15, 0.2) is 5.82 Å². The molecule has 0 amide bonds. The van der Waals surface area contributed by atoms with Gasteiger partial charge in [-0.2, -0.15) is 0 Å². The van der Waals surface area contributed by atoms with Crippen LogP contribution < -0.4 is 21.1 Å². The molecule has 0 spiro atoms. The maximum Gasteiger partial charge on any atom is 0.153 e. The van der Waals surface area contributed by atoms with Gasteiger partial charge in [-0.15, -0.1) is 0 Å². The van der Waals surface area contributed by atoms with E-state index in [-0.39, 0.29) is 18.8 Å². The molecule has 9 nitrogen and oxygen atoms in total. The molecule has 2 saturated heterocycles. The van der Waals surface area contributed by atoms with Crippen LogP contribution in [0.3, 0.4) is 0 Å². The average molecular weight is 479 g/mol. The lowest BCUT2D eigenvalue weighted by Crippen LogP contribution is -2.48. The number of anilines is 1. The molecule has 0 saturated carbocycles. The Hall–Kier alpha value is -3.14. The van der Waals surface area contributed by atoms with Crippen molar-refractivity contribution in [3.63, 3.8) is 0 Å². The zero-order valence-electron chi connectivity index (χ0n) is 20.4. The number of nitrogens with two attached hydrogens (primary N) is 1. The maximum absolute atomic E-state index is 9.77. The molecule has 1 aromatic carbocycles. The molecule has 5 N–H and O–H groups in total. The van der Waals surface area contributed by atoms with Gasteiger partial charge < -0.3 is 35.8 Å². The summed E-state index contributed by atoms with van der Waals surface area (Å²) in [5.74, 6) is 3.10. The van der Waals surface area contributed by atoms with Crippen molar-refractivity contribution >= 4 is 11.7 Å². The number of fused-ring (bicyclic) bond motifs is 1. The first kappa shape index (κ1) is 23.6. The Morgan fingerprint density at radius 1 is 1.26 bits per heavy atom. The van der Waals surface area contributed by atoms with E-state index >= 15 is 0 Å². The SMILES string of the molecule is COc1ccc(-c2ccc3c(n2)NC(=C2CCCCC(N)N2)N=C3N2CCOC[C@@H]2C)cc1CO. The van der Waals surface area contributed by atoms with Crippen molar-refractivity contribution in [1.82, 2.24) is 15.2 Å². The number of morpholine rings is 1. The summed E-state index contributed by atoms with van der Waals surface area (Å²) in [6, 6.07) is 10.0. The highest BCUT2D eigenvalue weighted by molar-refractivity contribution is 6.05. The van der Waals surface area contributed by atoms with E-state index in [2.05, 4.69) is 28.5 Å². The maximum atomic E-state index is 9.77. The van der Waals surface area contributed by atoms with Crippen LogP contribution in [-0.2, 0) is 11.3 Å². The van der Waals surface area contributed by atoms with Crippen molar-refractivity contribution in [3.05, 3.63) is 53.0 Å². The molecule has 3 aliphatic rings. The van der Waals surface area contributed by atoms with Crippen molar-refractivity contribution in [2.75, 3.05) is 32.2 Å². The first-order valence-corrected chi connectivity index (χ1v) is 12.3. The van der Waals surface area contributed by atoms with Crippen LogP contribution in [-0.4, -0.2) is 59.9 Å². The molecule has 3 aliphatic heterocycles. The lowest BCUT2D eigenvalue weighted by atomic mass is 10.0.